The van der Waals surface area contributed by atoms with E-state index in [4.69, 9.17) is 0 Å². The molecule has 90 heavy (non-hydrogen) atoms. The van der Waals surface area contributed by atoms with Gasteiger partial charge in [-0.3, -0.25) is 5.32 Å². The zero-order chi connectivity index (χ0) is 62.3. The third-order valence-corrected chi connectivity index (χ3v) is 14.7. The number of allylic oxidation sites excluding steroid dienone is 4. The Morgan fingerprint density at radius 2 is 0.378 bits per heavy atom. The molecule has 1 aliphatic rings. The van der Waals surface area contributed by atoms with Crippen LogP contribution in [0.5, 0.6) is 0 Å². The highest BCUT2D eigenvalue weighted by Crippen LogP contribution is 2.27. The Morgan fingerprint density at radius 1 is 0.211 bits per heavy atom. The molecular weight excluding hydrogens is 1100 g/mol. The summed E-state index contributed by atoms with van der Waals surface area (Å²) >= 11 is 0. The number of aryl methyl sites for hydroxylation is 3. The maximum Gasteiger partial charge on any atom is 0.204 e. The van der Waals surface area contributed by atoms with Crippen molar-refractivity contribution in [1.29, 1.82) is 0 Å². The van der Waals surface area contributed by atoms with Crippen LogP contribution in [0, 0.1) is 20.8 Å². The molecule has 12 heteroatoms. The average molecular weight is 1180 g/mol. The van der Waals surface area contributed by atoms with Crippen LogP contribution in [0.1, 0.15) is 16.7 Å². The van der Waals surface area contributed by atoms with Gasteiger partial charge in [-0.15, -0.1) is 0 Å². The molecule has 0 amide bonds. The molecule has 13 N–H and O–H groups in total. The second-order valence-corrected chi connectivity index (χ2v) is 21.8. The van der Waals surface area contributed by atoms with Crippen LogP contribution in [-0.2, 0) is 0 Å². The first-order chi connectivity index (χ1) is 44.0. The Morgan fingerprint density at radius 3 is 0.622 bits per heavy atom. The molecule has 0 heterocycles. The standard InChI is InChI=1S/2C26H26N4.C26H24N4/c3*1-19-3-5-21(6-4-19)28-23-11-13-25(14-12-23)30-26-17-15-24(16-18-26)29-22-9-7-20(27-2)8-10-22/h2*3-18,27-30H,1-2H3;3-18,27,29H,1-2H3/p+3. The minimum absolute atomic E-state index is 1.05. The molecule has 448 valence electrons. The van der Waals surface area contributed by atoms with Crippen LogP contribution in [0.15, 0.2) is 291 Å². The minimum atomic E-state index is 1.05. The molecule has 0 atom stereocenters. The van der Waals surface area contributed by atoms with Gasteiger partial charge in [0, 0.05) is 167 Å². The average Bonchev–Trinajstić information content (AvgIpc) is 3.72. The predicted molar refractivity (Wildman–Crippen MR) is 384 cm³/mol. The molecule has 0 saturated carbocycles. The monoisotopic (exact) mass is 1180 g/mol. The summed E-state index contributed by atoms with van der Waals surface area (Å²) in [6.07, 6.45) is 8.30. The van der Waals surface area contributed by atoms with Crippen molar-refractivity contribution in [2.24, 2.45) is 0 Å². The lowest BCUT2D eigenvalue weighted by Crippen LogP contribution is -2.70. The fraction of sp³-hybridized carbons (Fsp3) is 0.0769. The van der Waals surface area contributed by atoms with E-state index in [-0.39, 0.29) is 0 Å². The van der Waals surface area contributed by atoms with E-state index in [1.165, 1.54) is 28.1 Å². The van der Waals surface area contributed by atoms with Crippen molar-refractivity contribution in [2.75, 3.05) is 69.0 Å². The summed E-state index contributed by atoms with van der Waals surface area (Å²) < 4.78 is 0. The lowest BCUT2D eigenvalue weighted by atomic mass is 10.1. The van der Waals surface area contributed by atoms with E-state index < -0.39 is 0 Å². The molecule has 0 fully saturated rings. The van der Waals surface area contributed by atoms with Gasteiger partial charge in [-0.1, -0.05) is 53.1 Å². The number of benzene rings is 11. The van der Waals surface area contributed by atoms with Crippen LogP contribution in [0.3, 0.4) is 0 Å². The number of hydrogen-bond acceptors (Lipinski definition) is 9. The lowest BCUT2D eigenvalue weighted by molar-refractivity contribution is -0.478. The van der Waals surface area contributed by atoms with Crippen molar-refractivity contribution in [3.05, 3.63) is 308 Å². The highest BCUT2D eigenvalue weighted by molar-refractivity contribution is 6.15. The van der Waals surface area contributed by atoms with E-state index >= 15 is 0 Å². The summed E-state index contributed by atoms with van der Waals surface area (Å²) in [6, 6.07) is 91.7. The van der Waals surface area contributed by atoms with Crippen LogP contribution in [0.25, 0.3) is 0 Å². The van der Waals surface area contributed by atoms with Crippen molar-refractivity contribution in [2.45, 2.75) is 20.8 Å². The van der Waals surface area contributed by atoms with Crippen LogP contribution in [0.2, 0.25) is 0 Å². The van der Waals surface area contributed by atoms with Gasteiger partial charge in [0.05, 0.1) is 0 Å². The van der Waals surface area contributed by atoms with E-state index in [0.717, 1.165) is 108 Å². The smallest absolute Gasteiger partial charge is 0.204 e. The van der Waals surface area contributed by atoms with Crippen molar-refractivity contribution in [3.63, 3.8) is 0 Å². The van der Waals surface area contributed by atoms with Crippen molar-refractivity contribution in [3.8, 4) is 0 Å². The molecule has 0 spiro atoms. The Hall–Kier alpha value is -11.6. The summed E-state index contributed by atoms with van der Waals surface area (Å²) in [7, 11) is 5.76. The predicted octanol–water partition coefficient (Wildman–Crippen LogP) is 16.2. The van der Waals surface area contributed by atoms with Gasteiger partial charge >= 0.3 is 0 Å². The molecule has 1 aliphatic carbocycles. The lowest BCUT2D eigenvalue weighted by Gasteiger charge is -2.11. The summed E-state index contributed by atoms with van der Waals surface area (Å²) in [5.41, 5.74) is 26.5. The second-order valence-electron chi connectivity index (χ2n) is 21.8. The highest BCUT2D eigenvalue weighted by atomic mass is 14.9. The fourth-order valence-electron chi connectivity index (χ4n) is 9.47. The normalized spacial score (nSPS) is 11.1. The van der Waals surface area contributed by atoms with Crippen LogP contribution in [-0.4, -0.2) is 32.6 Å². The Labute approximate surface area is 529 Å². The van der Waals surface area contributed by atoms with Gasteiger partial charge in [-0.25, -0.2) is 9.98 Å². The third kappa shape index (κ3) is 19.2. The van der Waals surface area contributed by atoms with Gasteiger partial charge in [0.15, 0.2) is 0 Å². The molecule has 0 aliphatic heterocycles. The molecule has 11 aromatic rings. The Bertz CT molecular complexity index is 3930. The summed E-state index contributed by atoms with van der Waals surface area (Å²) in [5.74, 6) is 0. The number of nitrogens with one attached hydrogen (secondary N) is 11. The summed E-state index contributed by atoms with van der Waals surface area (Å²) in [5, 5.41) is 32.1. The van der Waals surface area contributed by atoms with Gasteiger partial charge in [0.1, 0.15) is 11.4 Å². The molecular formula is C78H79N12+3. The zero-order valence-electron chi connectivity index (χ0n) is 51.8. The quantitative estimate of drug-likeness (QED) is 0.0280. The van der Waals surface area contributed by atoms with Gasteiger partial charge in [-0.2, -0.15) is 0 Å². The number of anilines is 15. The number of hydrogen-bond donors (Lipinski definition) is 12. The third-order valence-electron chi connectivity index (χ3n) is 14.7. The van der Waals surface area contributed by atoms with E-state index in [1.807, 2.05) is 21.1 Å². The first-order valence-electron chi connectivity index (χ1n) is 30.2. The number of quaternary nitrogens is 1. The van der Waals surface area contributed by atoms with Gasteiger partial charge in [-0.05, 0) is 215 Å². The van der Waals surface area contributed by atoms with Gasteiger partial charge in [0.25, 0.3) is 0 Å². The fourth-order valence-corrected chi connectivity index (χ4v) is 9.47. The van der Waals surface area contributed by atoms with Crippen molar-refractivity contribution < 1.29 is 15.3 Å². The minimum Gasteiger partial charge on any atom is -0.388 e. The largest absolute Gasteiger partial charge is 0.388 e. The number of rotatable bonds is 19. The van der Waals surface area contributed by atoms with Crippen molar-refractivity contribution >= 4 is 119 Å². The molecule has 0 aromatic heterocycles. The molecule has 12 nitrogen and oxygen atoms in total. The molecule has 0 bridgehead atoms. The SMILES string of the molecule is CNc1ccc(Nc2ccc(Nc3ccc(Nc4ccc(C)cc4)cc3)cc2)cc1.CNc1ccc(Nc2ccc(Nc3ccc([NH2+]c4ccc(C)cc4)cc3)cc2)cc1.CNc1ccc(Nc2ccc([NH+]=C3C=CC(=[NH+]c4ccc(C)cc4)C=C3)cc2)cc1. The summed E-state index contributed by atoms with van der Waals surface area (Å²) in [4.78, 5) is 6.86. The molecule has 0 unspecified atom stereocenters. The second kappa shape index (κ2) is 31.2. The Kier molecular flexibility index (Phi) is 21.3. The zero-order valence-corrected chi connectivity index (χ0v) is 51.8. The Balaban J connectivity index is 0.000000148. The molecule has 12 rings (SSSR count). The summed E-state index contributed by atoms with van der Waals surface area (Å²) in [6.45, 7) is 6.29. The van der Waals surface area contributed by atoms with E-state index in [1.54, 1.807) is 0 Å². The first kappa shape index (κ1) is 61.5. The maximum atomic E-state index is 3.46. The topological polar surface area (TPSA) is 153 Å². The van der Waals surface area contributed by atoms with E-state index in [9.17, 15) is 0 Å². The van der Waals surface area contributed by atoms with E-state index in [0.29, 0.717) is 0 Å². The molecule has 0 saturated heterocycles. The number of nitrogens with two attached hydrogens (primary N) is 1. The van der Waals surface area contributed by atoms with Crippen molar-refractivity contribution in [1.82, 2.24) is 0 Å². The molecule has 11 aromatic carbocycles. The first-order valence-corrected chi connectivity index (χ1v) is 30.2. The van der Waals surface area contributed by atoms with E-state index in [2.05, 4.69) is 375 Å². The highest BCUT2D eigenvalue weighted by Gasteiger charge is 2.11. The van der Waals surface area contributed by atoms with Crippen LogP contribution in [0.4, 0.5) is 108 Å². The molecule has 0 radical (unpaired) electrons. The van der Waals surface area contributed by atoms with Crippen LogP contribution >= 0.6 is 0 Å². The van der Waals surface area contributed by atoms with Crippen LogP contribution < -0.4 is 63.2 Å². The van der Waals surface area contributed by atoms with Gasteiger partial charge in [0.2, 0.25) is 22.8 Å². The maximum absolute atomic E-state index is 3.46. The van der Waals surface area contributed by atoms with Gasteiger partial charge < -0.3 is 47.9 Å².